The Kier molecular flexibility index (Phi) is 4.87. The highest BCUT2D eigenvalue weighted by Crippen LogP contribution is 2.15. The smallest absolute Gasteiger partial charge is 0.343 e. The first kappa shape index (κ1) is 15.2. The molecule has 0 aliphatic heterocycles. The summed E-state index contributed by atoms with van der Waals surface area (Å²) in [6, 6.07) is 13.2. The summed E-state index contributed by atoms with van der Waals surface area (Å²) in [4.78, 5) is 22.5. The van der Waals surface area contributed by atoms with E-state index in [1.165, 1.54) is 6.21 Å². The van der Waals surface area contributed by atoms with Gasteiger partial charge < -0.3 is 10.5 Å². The fourth-order valence-corrected chi connectivity index (χ4v) is 1.76. The molecule has 6 heteroatoms. The minimum absolute atomic E-state index is 0.407. The number of hydrogen-bond donors (Lipinski definition) is 2. The number of aryl methyl sites for hydroxylation is 1. The highest BCUT2D eigenvalue weighted by Gasteiger charge is 2.10. The number of nitrogens with one attached hydrogen (secondary N) is 1. The van der Waals surface area contributed by atoms with Gasteiger partial charge in [0.15, 0.2) is 0 Å². The second-order valence-corrected chi connectivity index (χ2v) is 4.51. The van der Waals surface area contributed by atoms with Crippen molar-refractivity contribution in [3.8, 4) is 5.75 Å². The Morgan fingerprint density at radius 3 is 2.45 bits per heavy atom. The second kappa shape index (κ2) is 7.03. The van der Waals surface area contributed by atoms with Gasteiger partial charge in [-0.15, -0.1) is 0 Å². The van der Waals surface area contributed by atoms with Gasteiger partial charge in [-0.1, -0.05) is 18.2 Å². The van der Waals surface area contributed by atoms with Crippen LogP contribution < -0.4 is 15.9 Å². The highest BCUT2D eigenvalue weighted by molar-refractivity contribution is 5.92. The Labute approximate surface area is 127 Å². The van der Waals surface area contributed by atoms with E-state index < -0.39 is 12.0 Å². The molecule has 0 heterocycles. The number of nitrogens with two attached hydrogens (primary N) is 1. The maximum absolute atomic E-state index is 12.1. The molecule has 0 aliphatic rings. The molecule has 0 aromatic heterocycles. The van der Waals surface area contributed by atoms with Crippen LogP contribution in [0.3, 0.4) is 0 Å². The van der Waals surface area contributed by atoms with Crippen LogP contribution in [0.15, 0.2) is 53.6 Å². The standard InChI is InChI=1S/C16H15N3O3/c1-11-4-2-3-5-14(11)15(20)22-13-8-6-12(7-9-13)10-18-19-16(17)21/h2-10H,1H3,(H3,17,19,21). The molecule has 112 valence electrons. The van der Waals surface area contributed by atoms with E-state index in [2.05, 4.69) is 10.5 Å². The molecular weight excluding hydrogens is 282 g/mol. The summed E-state index contributed by atoms with van der Waals surface area (Å²) in [5.74, 6) is 0.0168. The molecule has 0 atom stereocenters. The van der Waals surface area contributed by atoms with E-state index >= 15 is 0 Å². The lowest BCUT2D eigenvalue weighted by atomic mass is 10.1. The molecule has 0 aliphatic carbocycles. The summed E-state index contributed by atoms with van der Waals surface area (Å²) in [7, 11) is 0. The average molecular weight is 297 g/mol. The van der Waals surface area contributed by atoms with E-state index in [1.807, 2.05) is 19.1 Å². The summed E-state index contributed by atoms with van der Waals surface area (Å²) in [5, 5.41) is 3.63. The van der Waals surface area contributed by atoms with E-state index in [1.54, 1.807) is 36.4 Å². The maximum atomic E-state index is 12.1. The predicted molar refractivity (Wildman–Crippen MR) is 82.9 cm³/mol. The van der Waals surface area contributed by atoms with Gasteiger partial charge in [0.2, 0.25) is 0 Å². The number of carbonyl (C=O) groups is 2. The molecule has 0 bridgehead atoms. The fraction of sp³-hybridized carbons (Fsp3) is 0.0625. The third-order valence-corrected chi connectivity index (χ3v) is 2.84. The molecule has 0 fully saturated rings. The van der Waals surface area contributed by atoms with Crippen molar-refractivity contribution in [1.82, 2.24) is 5.43 Å². The number of esters is 1. The fourth-order valence-electron chi connectivity index (χ4n) is 1.76. The lowest BCUT2D eigenvalue weighted by molar-refractivity contribution is 0.0734. The van der Waals surface area contributed by atoms with Gasteiger partial charge in [-0.05, 0) is 48.4 Å². The van der Waals surface area contributed by atoms with Gasteiger partial charge in [0.25, 0.3) is 0 Å². The van der Waals surface area contributed by atoms with Gasteiger partial charge in [0, 0.05) is 0 Å². The van der Waals surface area contributed by atoms with Crippen molar-refractivity contribution in [2.24, 2.45) is 10.8 Å². The van der Waals surface area contributed by atoms with Crippen LogP contribution in [0.2, 0.25) is 0 Å². The van der Waals surface area contributed by atoms with Crippen LogP contribution >= 0.6 is 0 Å². The first-order valence-electron chi connectivity index (χ1n) is 6.52. The minimum atomic E-state index is -0.736. The zero-order valence-corrected chi connectivity index (χ0v) is 11.9. The summed E-state index contributed by atoms with van der Waals surface area (Å²) in [6.07, 6.45) is 1.43. The average Bonchev–Trinajstić information content (AvgIpc) is 2.49. The van der Waals surface area contributed by atoms with E-state index in [4.69, 9.17) is 10.5 Å². The number of amides is 2. The lowest BCUT2D eigenvalue weighted by Gasteiger charge is -2.06. The number of hydrazone groups is 1. The van der Waals surface area contributed by atoms with Crippen LogP contribution in [-0.4, -0.2) is 18.2 Å². The number of hydrogen-bond acceptors (Lipinski definition) is 4. The van der Waals surface area contributed by atoms with Gasteiger partial charge in [0.1, 0.15) is 5.75 Å². The number of carbonyl (C=O) groups excluding carboxylic acids is 2. The van der Waals surface area contributed by atoms with E-state index in [-0.39, 0.29) is 0 Å². The Hall–Kier alpha value is -3.15. The summed E-state index contributed by atoms with van der Waals surface area (Å²) < 4.78 is 5.31. The Morgan fingerprint density at radius 2 is 1.82 bits per heavy atom. The van der Waals surface area contributed by atoms with Crippen LogP contribution in [0.1, 0.15) is 21.5 Å². The Balaban J connectivity index is 2.02. The molecule has 2 aromatic rings. The third-order valence-electron chi connectivity index (χ3n) is 2.84. The summed E-state index contributed by atoms with van der Waals surface area (Å²) in [5.41, 5.74) is 9.08. The summed E-state index contributed by atoms with van der Waals surface area (Å²) in [6.45, 7) is 1.85. The number of rotatable bonds is 4. The number of benzene rings is 2. The van der Waals surface area contributed by atoms with Crippen LogP contribution in [0.5, 0.6) is 5.75 Å². The van der Waals surface area contributed by atoms with Crippen LogP contribution in [0.4, 0.5) is 4.79 Å². The van der Waals surface area contributed by atoms with Gasteiger partial charge in [-0.25, -0.2) is 15.0 Å². The molecule has 0 unspecified atom stereocenters. The SMILES string of the molecule is Cc1ccccc1C(=O)Oc1ccc(C=NNC(N)=O)cc1. The molecule has 0 saturated heterocycles. The zero-order chi connectivity index (χ0) is 15.9. The normalized spacial score (nSPS) is 10.4. The van der Waals surface area contributed by atoms with Gasteiger partial charge in [-0.2, -0.15) is 5.10 Å². The van der Waals surface area contributed by atoms with Gasteiger partial charge >= 0.3 is 12.0 Å². The number of urea groups is 1. The molecule has 2 rings (SSSR count). The van der Waals surface area contributed by atoms with Crippen LogP contribution in [0, 0.1) is 6.92 Å². The van der Waals surface area contributed by atoms with Crippen molar-refractivity contribution in [3.63, 3.8) is 0 Å². The van der Waals surface area contributed by atoms with E-state index in [0.717, 1.165) is 11.1 Å². The molecular formula is C16H15N3O3. The van der Waals surface area contributed by atoms with Gasteiger partial charge in [0.05, 0.1) is 11.8 Å². The van der Waals surface area contributed by atoms with Crippen LogP contribution in [0.25, 0.3) is 0 Å². The lowest BCUT2D eigenvalue weighted by Crippen LogP contribution is -2.24. The van der Waals surface area contributed by atoms with E-state index in [9.17, 15) is 9.59 Å². The predicted octanol–water partition coefficient (Wildman–Crippen LogP) is 2.22. The largest absolute Gasteiger partial charge is 0.423 e. The topological polar surface area (TPSA) is 93.8 Å². The molecule has 6 nitrogen and oxygen atoms in total. The Bertz CT molecular complexity index is 709. The molecule has 0 spiro atoms. The molecule has 2 amide bonds. The Morgan fingerprint density at radius 1 is 1.14 bits per heavy atom. The van der Waals surface area contributed by atoms with Crippen molar-refractivity contribution < 1.29 is 14.3 Å². The first-order valence-corrected chi connectivity index (χ1v) is 6.52. The molecule has 0 saturated carbocycles. The zero-order valence-electron chi connectivity index (χ0n) is 11.9. The van der Waals surface area contributed by atoms with E-state index in [0.29, 0.717) is 11.3 Å². The second-order valence-electron chi connectivity index (χ2n) is 4.51. The highest BCUT2D eigenvalue weighted by atomic mass is 16.5. The monoisotopic (exact) mass is 297 g/mol. The number of ether oxygens (including phenoxy) is 1. The molecule has 22 heavy (non-hydrogen) atoms. The number of primary amides is 1. The van der Waals surface area contributed by atoms with Crippen molar-refractivity contribution >= 4 is 18.2 Å². The van der Waals surface area contributed by atoms with Crippen molar-refractivity contribution in [2.75, 3.05) is 0 Å². The summed E-state index contributed by atoms with van der Waals surface area (Å²) >= 11 is 0. The first-order chi connectivity index (χ1) is 10.6. The quantitative estimate of drug-likeness (QED) is 0.392. The van der Waals surface area contributed by atoms with Crippen molar-refractivity contribution in [3.05, 3.63) is 65.2 Å². The molecule has 0 radical (unpaired) electrons. The van der Waals surface area contributed by atoms with Crippen LogP contribution in [-0.2, 0) is 0 Å². The molecule has 2 aromatic carbocycles. The number of nitrogens with zero attached hydrogens (tertiary/aromatic N) is 1. The minimum Gasteiger partial charge on any atom is -0.423 e. The van der Waals surface area contributed by atoms with Gasteiger partial charge in [-0.3, -0.25) is 0 Å². The molecule has 3 N–H and O–H groups in total. The third kappa shape index (κ3) is 4.17. The maximum Gasteiger partial charge on any atom is 0.343 e. The van der Waals surface area contributed by atoms with Crippen molar-refractivity contribution in [2.45, 2.75) is 6.92 Å². The van der Waals surface area contributed by atoms with Crippen molar-refractivity contribution in [1.29, 1.82) is 0 Å².